The second-order valence-corrected chi connectivity index (χ2v) is 12.1. The lowest BCUT2D eigenvalue weighted by atomic mass is 9.86. The van der Waals surface area contributed by atoms with E-state index in [1.807, 2.05) is 36.0 Å². The van der Waals surface area contributed by atoms with Gasteiger partial charge in [-0.15, -0.1) is 11.8 Å². The van der Waals surface area contributed by atoms with Gasteiger partial charge in [0.1, 0.15) is 5.44 Å². The Morgan fingerprint density at radius 1 is 0.730 bits per heavy atom. The molecule has 0 amide bonds. The number of thioether (sulfide) groups is 1. The molecule has 37 heavy (non-hydrogen) atoms. The summed E-state index contributed by atoms with van der Waals surface area (Å²) in [6, 6.07) is 20.6. The third kappa shape index (κ3) is 7.81. The van der Waals surface area contributed by atoms with Gasteiger partial charge >= 0.3 is 0 Å². The Labute approximate surface area is 227 Å². The van der Waals surface area contributed by atoms with Crippen LogP contribution in [0.2, 0.25) is 0 Å². The summed E-state index contributed by atoms with van der Waals surface area (Å²) < 4.78 is 31.1. The summed E-state index contributed by atoms with van der Waals surface area (Å²) in [5.41, 5.74) is 2.47. The molecule has 2 saturated heterocycles. The van der Waals surface area contributed by atoms with Gasteiger partial charge in [0.05, 0.1) is 38.6 Å². The molecule has 0 radical (unpaired) electrons. The van der Waals surface area contributed by atoms with Crippen LogP contribution in [0.15, 0.2) is 60.7 Å². The third-order valence-electron chi connectivity index (χ3n) is 8.16. The van der Waals surface area contributed by atoms with Crippen molar-refractivity contribution in [2.45, 2.75) is 76.5 Å². The number of ether oxygens (including phenoxy) is 5. The summed E-state index contributed by atoms with van der Waals surface area (Å²) in [6.07, 6.45) is 0.837. The normalized spacial score (nSPS) is 34.4. The minimum Gasteiger partial charge on any atom is -0.374 e. The van der Waals surface area contributed by atoms with Gasteiger partial charge in [0.2, 0.25) is 0 Å². The molecule has 4 rings (SSSR count). The van der Waals surface area contributed by atoms with Crippen molar-refractivity contribution in [3.8, 4) is 0 Å². The lowest BCUT2D eigenvalue weighted by Gasteiger charge is -2.46. The van der Waals surface area contributed by atoms with E-state index in [4.69, 9.17) is 23.7 Å². The molecule has 2 fully saturated rings. The molecule has 2 aliphatic heterocycles. The molecule has 2 aromatic carbocycles. The first-order valence-electron chi connectivity index (χ1n) is 13.7. The molecule has 0 saturated carbocycles. The fourth-order valence-corrected chi connectivity index (χ4v) is 7.11. The number of hydrogen-bond donors (Lipinski definition) is 0. The molecule has 5 nitrogen and oxygen atoms in total. The first-order valence-corrected chi connectivity index (χ1v) is 14.6. The third-order valence-corrected chi connectivity index (χ3v) is 9.81. The molecular formula is C31H44O5S. The molecule has 0 aliphatic carbocycles. The number of benzene rings is 2. The van der Waals surface area contributed by atoms with E-state index in [1.54, 1.807) is 7.11 Å². The van der Waals surface area contributed by atoms with Gasteiger partial charge in [-0.2, -0.15) is 0 Å². The van der Waals surface area contributed by atoms with E-state index in [-0.39, 0.29) is 35.1 Å². The number of hydrogen-bond acceptors (Lipinski definition) is 6. The maximum absolute atomic E-state index is 6.68. The monoisotopic (exact) mass is 528 g/mol. The maximum atomic E-state index is 6.68. The van der Waals surface area contributed by atoms with Gasteiger partial charge < -0.3 is 23.7 Å². The molecular weight excluding hydrogens is 484 g/mol. The van der Waals surface area contributed by atoms with Crippen LogP contribution in [0.25, 0.3) is 0 Å². The lowest BCUT2D eigenvalue weighted by Crippen LogP contribution is -2.51. The summed E-state index contributed by atoms with van der Waals surface area (Å²) in [5, 5.41) is 0.258. The minimum absolute atomic E-state index is 0.0594. The highest BCUT2D eigenvalue weighted by Gasteiger charge is 2.45. The Hall–Kier alpha value is -1.41. The van der Waals surface area contributed by atoms with Gasteiger partial charge in [0, 0.05) is 18.3 Å². The molecule has 0 N–H and O–H groups in total. The highest BCUT2D eigenvalue weighted by Crippen LogP contribution is 2.44. The van der Waals surface area contributed by atoms with Crippen LogP contribution >= 0.6 is 11.8 Å². The van der Waals surface area contributed by atoms with Crippen molar-refractivity contribution in [1.29, 1.82) is 0 Å². The predicted molar refractivity (Wildman–Crippen MR) is 149 cm³/mol. The van der Waals surface area contributed by atoms with Crippen LogP contribution in [-0.4, -0.2) is 49.5 Å². The molecule has 0 spiro atoms. The van der Waals surface area contributed by atoms with Crippen molar-refractivity contribution in [3.63, 3.8) is 0 Å². The summed E-state index contributed by atoms with van der Waals surface area (Å²) in [7, 11) is 1.73. The van der Waals surface area contributed by atoms with Crippen LogP contribution in [0.1, 0.15) is 45.2 Å². The summed E-state index contributed by atoms with van der Waals surface area (Å²) in [6.45, 7) is 11.5. The zero-order chi connectivity index (χ0) is 26.2. The van der Waals surface area contributed by atoms with E-state index in [0.717, 1.165) is 6.42 Å². The SMILES string of the molecule is CO[C@H]1OC(COCc2ccccc2)[C@@H](S[C@H]2C[C@@H](C)[C@H](C)C(COCc3ccccc3)O2)[C@H](C)C1C. The summed E-state index contributed by atoms with van der Waals surface area (Å²) >= 11 is 1.92. The minimum atomic E-state index is -0.220. The van der Waals surface area contributed by atoms with E-state index in [2.05, 4.69) is 64.1 Å². The first kappa shape index (κ1) is 28.6. The molecule has 6 heteroatoms. The topological polar surface area (TPSA) is 46.2 Å². The Morgan fingerprint density at radius 2 is 1.30 bits per heavy atom. The van der Waals surface area contributed by atoms with Crippen molar-refractivity contribution in [2.75, 3.05) is 20.3 Å². The Balaban J connectivity index is 1.37. The van der Waals surface area contributed by atoms with Crippen LogP contribution in [0.4, 0.5) is 0 Å². The largest absolute Gasteiger partial charge is 0.374 e. The zero-order valence-corrected chi connectivity index (χ0v) is 23.8. The first-order chi connectivity index (χ1) is 18.0. The van der Waals surface area contributed by atoms with Gasteiger partial charge in [-0.25, -0.2) is 0 Å². The van der Waals surface area contributed by atoms with E-state index >= 15 is 0 Å². The van der Waals surface area contributed by atoms with Crippen LogP contribution in [0.5, 0.6) is 0 Å². The van der Waals surface area contributed by atoms with E-state index in [9.17, 15) is 0 Å². The average Bonchev–Trinajstić information content (AvgIpc) is 2.92. The maximum Gasteiger partial charge on any atom is 0.160 e. The Morgan fingerprint density at radius 3 is 1.86 bits per heavy atom. The van der Waals surface area contributed by atoms with Crippen molar-refractivity contribution < 1.29 is 23.7 Å². The van der Waals surface area contributed by atoms with E-state index in [1.165, 1.54) is 11.1 Å². The van der Waals surface area contributed by atoms with Gasteiger partial charge in [0.15, 0.2) is 6.29 Å². The Kier molecular flexibility index (Phi) is 10.9. The van der Waals surface area contributed by atoms with E-state index < -0.39 is 0 Å². The van der Waals surface area contributed by atoms with Crippen molar-refractivity contribution in [3.05, 3.63) is 71.8 Å². The highest BCUT2D eigenvalue weighted by atomic mass is 32.2. The van der Waals surface area contributed by atoms with Crippen molar-refractivity contribution in [1.82, 2.24) is 0 Å². The van der Waals surface area contributed by atoms with Gasteiger partial charge in [-0.05, 0) is 35.3 Å². The smallest absolute Gasteiger partial charge is 0.160 e. The van der Waals surface area contributed by atoms with Gasteiger partial charge in [-0.1, -0.05) is 88.4 Å². The Bertz CT molecular complexity index is 912. The number of methoxy groups -OCH3 is 1. The molecule has 204 valence electrons. The summed E-state index contributed by atoms with van der Waals surface area (Å²) in [5.74, 6) is 1.71. The van der Waals surface area contributed by atoms with Crippen LogP contribution in [-0.2, 0) is 36.9 Å². The number of rotatable bonds is 11. The summed E-state index contributed by atoms with van der Waals surface area (Å²) in [4.78, 5) is 0. The molecule has 0 bridgehead atoms. The van der Waals surface area contributed by atoms with Crippen LogP contribution in [0.3, 0.4) is 0 Å². The highest BCUT2D eigenvalue weighted by molar-refractivity contribution is 8.00. The van der Waals surface area contributed by atoms with Crippen molar-refractivity contribution >= 4 is 11.8 Å². The van der Waals surface area contributed by atoms with Crippen LogP contribution < -0.4 is 0 Å². The predicted octanol–water partition coefficient (Wildman–Crippen LogP) is 6.55. The molecule has 2 aliphatic rings. The second kappa shape index (κ2) is 14.1. The molecule has 2 aromatic rings. The molecule has 2 heterocycles. The molecule has 3 unspecified atom stereocenters. The average molecular weight is 529 g/mol. The van der Waals surface area contributed by atoms with Crippen molar-refractivity contribution in [2.24, 2.45) is 23.7 Å². The van der Waals surface area contributed by atoms with Gasteiger partial charge in [-0.3, -0.25) is 0 Å². The lowest BCUT2D eigenvalue weighted by molar-refractivity contribution is -0.227. The molecule has 0 aromatic heterocycles. The fraction of sp³-hybridized carbons (Fsp3) is 0.613. The fourth-order valence-electron chi connectivity index (χ4n) is 5.32. The molecule has 9 atom stereocenters. The van der Waals surface area contributed by atoms with E-state index in [0.29, 0.717) is 44.2 Å². The van der Waals surface area contributed by atoms with Crippen LogP contribution in [0, 0.1) is 23.7 Å². The quantitative estimate of drug-likeness (QED) is 0.329. The second-order valence-electron chi connectivity index (χ2n) is 10.8. The standard InChI is InChI=1S/C31H44O5S/c1-21-16-29(35-27(22(21)2)19-33-17-25-12-8-6-9-13-25)37-30-23(3)24(4)31(32-5)36-28(30)20-34-18-26-14-10-7-11-15-26/h6-15,21-24,27-31H,16-20H2,1-5H3/t21-,22+,23-,24?,27?,28?,29+,30+,31+/m1/s1. The van der Waals surface area contributed by atoms with Gasteiger partial charge in [0.25, 0.3) is 0 Å². The zero-order valence-electron chi connectivity index (χ0n) is 23.0.